The molecule has 0 atom stereocenters. The van der Waals surface area contributed by atoms with Gasteiger partial charge in [-0.3, -0.25) is 0 Å². The summed E-state index contributed by atoms with van der Waals surface area (Å²) in [4.78, 5) is 27.6. The SMILES string of the molecule is NC(=O)/N=N/C(N)=O.O=C([O-])[O-].[Na+].[Na+]. The molecule has 0 saturated carbocycles. The fraction of sp³-hybridized carbons (Fsp3) is 0. The Balaban J connectivity index is -0.0000000733. The molecule has 0 aliphatic carbocycles. The molecule has 0 saturated heterocycles. The molecule has 0 aromatic carbocycles. The Labute approximate surface area is 123 Å². The van der Waals surface area contributed by atoms with Gasteiger partial charge in [-0.25, -0.2) is 9.59 Å². The van der Waals surface area contributed by atoms with Crippen LogP contribution in [0, 0.1) is 0 Å². The van der Waals surface area contributed by atoms with Crippen molar-refractivity contribution in [2.75, 3.05) is 0 Å². The van der Waals surface area contributed by atoms with Crippen molar-refractivity contribution in [3.63, 3.8) is 0 Å². The van der Waals surface area contributed by atoms with Gasteiger partial charge < -0.3 is 26.5 Å². The maximum Gasteiger partial charge on any atom is 1.00 e. The molecule has 0 aliphatic rings. The van der Waals surface area contributed by atoms with Crippen molar-refractivity contribution in [1.29, 1.82) is 0 Å². The molecule has 0 radical (unpaired) electrons. The molecule has 0 heterocycles. The number of urea groups is 2. The molecule has 0 aliphatic heterocycles. The van der Waals surface area contributed by atoms with E-state index in [0.29, 0.717) is 0 Å². The molecule has 0 bridgehead atoms. The van der Waals surface area contributed by atoms with Crippen molar-refractivity contribution >= 4 is 18.2 Å². The van der Waals surface area contributed by atoms with Gasteiger partial charge >= 0.3 is 71.2 Å². The second-order valence-electron chi connectivity index (χ2n) is 1.13. The molecule has 0 spiro atoms. The van der Waals surface area contributed by atoms with Crippen LogP contribution >= 0.6 is 0 Å². The largest absolute Gasteiger partial charge is 1.00 e. The number of hydrogen-bond acceptors (Lipinski definition) is 5. The first kappa shape index (κ1) is 23.5. The molecule has 0 unspecified atom stereocenters. The van der Waals surface area contributed by atoms with Gasteiger partial charge in [0, 0.05) is 0 Å². The number of hydrogen-bond donors (Lipinski definition) is 2. The number of carbonyl (C=O) groups excluding carboxylic acids is 3. The zero-order valence-corrected chi connectivity index (χ0v) is 11.6. The van der Waals surface area contributed by atoms with Crippen molar-refractivity contribution in [2.45, 2.75) is 0 Å². The van der Waals surface area contributed by atoms with E-state index in [1.807, 2.05) is 0 Å². The second kappa shape index (κ2) is 15.3. The van der Waals surface area contributed by atoms with Crippen LogP contribution < -0.4 is 80.8 Å². The van der Waals surface area contributed by atoms with Gasteiger partial charge in [0.2, 0.25) is 0 Å². The first-order chi connectivity index (χ1) is 5.36. The van der Waals surface area contributed by atoms with Crippen molar-refractivity contribution in [3.05, 3.63) is 0 Å². The van der Waals surface area contributed by atoms with Crippen LogP contribution in [0.15, 0.2) is 10.2 Å². The number of carboxylic acid groups (broad SMARTS) is 2. The zero-order valence-electron chi connectivity index (χ0n) is 7.59. The van der Waals surface area contributed by atoms with Crippen molar-refractivity contribution in [2.24, 2.45) is 21.7 Å². The predicted molar refractivity (Wildman–Crippen MR) is 29.4 cm³/mol. The summed E-state index contributed by atoms with van der Waals surface area (Å²) in [6.07, 6.45) is -2.33. The van der Waals surface area contributed by atoms with E-state index in [9.17, 15) is 9.59 Å². The number of nitrogens with zero attached hydrogens (tertiary/aromatic N) is 2. The van der Waals surface area contributed by atoms with Gasteiger partial charge in [-0.15, -0.1) is 0 Å². The van der Waals surface area contributed by atoms with Crippen LogP contribution in [0.5, 0.6) is 0 Å². The average Bonchev–Trinajstić information content (AvgIpc) is 1.82. The number of primary amides is 2. The van der Waals surface area contributed by atoms with Gasteiger partial charge in [0.05, 0.1) is 0 Å². The van der Waals surface area contributed by atoms with E-state index in [-0.39, 0.29) is 59.1 Å². The predicted octanol–water partition coefficient (Wildman–Crippen LogP) is -8.84. The molecule has 9 nitrogen and oxygen atoms in total. The van der Waals surface area contributed by atoms with E-state index in [4.69, 9.17) is 15.0 Å². The zero-order chi connectivity index (χ0) is 10.1. The van der Waals surface area contributed by atoms with E-state index in [0.717, 1.165) is 0 Å². The summed E-state index contributed by atoms with van der Waals surface area (Å²) in [6.45, 7) is 0. The number of amides is 4. The first-order valence-electron chi connectivity index (χ1n) is 2.25. The second-order valence-corrected chi connectivity index (χ2v) is 1.13. The molecule has 11 heteroatoms. The molecule has 0 aromatic rings. The summed E-state index contributed by atoms with van der Waals surface area (Å²) < 4.78 is 0. The first-order valence-corrected chi connectivity index (χ1v) is 2.25. The number of azo groups is 1. The van der Waals surface area contributed by atoms with Crippen LogP contribution in [0.3, 0.4) is 0 Å². The molecular formula is C3H4N4Na2O5. The fourth-order valence-electron chi connectivity index (χ4n) is 0.0986. The minimum Gasteiger partial charge on any atom is -0.652 e. The monoisotopic (exact) mass is 222 g/mol. The molecule has 68 valence electrons. The Morgan fingerprint density at radius 3 is 1.07 bits per heavy atom. The molecule has 0 rings (SSSR count). The molecule has 0 fully saturated rings. The van der Waals surface area contributed by atoms with E-state index in [1.165, 1.54) is 0 Å². The van der Waals surface area contributed by atoms with Crippen LogP contribution in [0.1, 0.15) is 0 Å². The van der Waals surface area contributed by atoms with Crippen LogP contribution in [-0.2, 0) is 0 Å². The standard InChI is InChI=1S/C2H4N4O2.CH2O3.2Na/c3-1(7)5-6-2(4)8;2-1(3)4;;/h(H2,3,7)(H2,4,8);(H2,2,3,4);;/q;;2*+1/p-2/b6-5+;;;. The van der Waals surface area contributed by atoms with Crippen molar-refractivity contribution < 1.29 is 83.7 Å². The average molecular weight is 222 g/mol. The molecular weight excluding hydrogens is 218 g/mol. The Morgan fingerprint density at radius 2 is 1.00 bits per heavy atom. The van der Waals surface area contributed by atoms with Crippen molar-refractivity contribution in [3.8, 4) is 0 Å². The van der Waals surface area contributed by atoms with E-state index >= 15 is 0 Å². The fourth-order valence-corrected chi connectivity index (χ4v) is 0.0986. The Bertz CT molecular complexity index is 199. The summed E-state index contributed by atoms with van der Waals surface area (Å²) in [5, 5.41) is 21.9. The Kier molecular flexibility index (Phi) is 25.7. The molecule has 14 heavy (non-hydrogen) atoms. The quantitative estimate of drug-likeness (QED) is 0.305. The Morgan fingerprint density at radius 1 is 0.857 bits per heavy atom. The number of nitrogens with two attached hydrogens (primary N) is 2. The maximum absolute atomic E-state index is 9.66. The Hall–Kier alpha value is -0.190. The van der Waals surface area contributed by atoms with Crippen LogP contribution in [0.4, 0.5) is 14.4 Å². The van der Waals surface area contributed by atoms with Crippen LogP contribution in [0.25, 0.3) is 0 Å². The van der Waals surface area contributed by atoms with E-state index in [1.54, 1.807) is 0 Å². The third-order valence-electron chi connectivity index (χ3n) is 0.247. The normalized spacial score (nSPS) is 7.14. The summed E-state index contributed by atoms with van der Waals surface area (Å²) in [6, 6.07) is -2.08. The van der Waals surface area contributed by atoms with Crippen molar-refractivity contribution in [1.82, 2.24) is 0 Å². The molecule has 0 aromatic heterocycles. The van der Waals surface area contributed by atoms with E-state index < -0.39 is 18.2 Å². The van der Waals surface area contributed by atoms with Gasteiger partial charge in [-0.2, -0.15) is 0 Å². The van der Waals surface area contributed by atoms with Gasteiger partial charge in [-0.05, 0) is 6.16 Å². The summed E-state index contributed by atoms with van der Waals surface area (Å²) in [5.74, 6) is 0. The minimum absolute atomic E-state index is 0. The van der Waals surface area contributed by atoms with Gasteiger partial charge in [-0.1, -0.05) is 10.2 Å². The minimum atomic E-state index is -2.33. The maximum atomic E-state index is 9.66. The summed E-state index contributed by atoms with van der Waals surface area (Å²) in [5.41, 5.74) is 8.87. The number of rotatable bonds is 0. The number of carbonyl (C=O) groups is 3. The molecule has 4 N–H and O–H groups in total. The van der Waals surface area contributed by atoms with Crippen LogP contribution in [-0.4, -0.2) is 18.2 Å². The van der Waals surface area contributed by atoms with E-state index in [2.05, 4.69) is 21.7 Å². The smallest absolute Gasteiger partial charge is 0.652 e. The summed E-state index contributed by atoms with van der Waals surface area (Å²) >= 11 is 0. The third-order valence-corrected chi connectivity index (χ3v) is 0.247. The third kappa shape index (κ3) is 59.7. The topological polar surface area (TPSA) is 174 Å². The molecule has 4 amide bonds. The summed E-state index contributed by atoms with van der Waals surface area (Å²) in [7, 11) is 0. The van der Waals surface area contributed by atoms with Gasteiger partial charge in [0.25, 0.3) is 0 Å². The van der Waals surface area contributed by atoms with Gasteiger partial charge in [0.15, 0.2) is 0 Å². The van der Waals surface area contributed by atoms with Gasteiger partial charge in [0.1, 0.15) is 0 Å². The van der Waals surface area contributed by atoms with Crippen LogP contribution in [0.2, 0.25) is 0 Å².